The van der Waals surface area contributed by atoms with E-state index in [9.17, 15) is 0 Å². The largest absolute Gasteiger partial charge is 0.393 e. The average Bonchev–Trinajstić information content (AvgIpc) is 2.77. The van der Waals surface area contributed by atoms with E-state index in [1.807, 2.05) is 47.9 Å². The molecule has 0 atom stereocenters. The van der Waals surface area contributed by atoms with Crippen molar-refractivity contribution in [2.45, 2.75) is 13.3 Å². The Bertz CT molecular complexity index is 777. The number of hydrogen-bond donors (Lipinski definition) is 1. The van der Waals surface area contributed by atoms with Crippen molar-refractivity contribution in [3.05, 3.63) is 54.0 Å². The Balaban J connectivity index is 2.27. The van der Waals surface area contributed by atoms with Gasteiger partial charge in [0.15, 0.2) is 0 Å². The molecule has 0 fully saturated rings. The normalized spacial score (nSPS) is 10.8. The van der Waals surface area contributed by atoms with Crippen LogP contribution in [0.1, 0.15) is 11.3 Å². The van der Waals surface area contributed by atoms with Crippen LogP contribution < -0.4 is 5.73 Å². The Kier molecular flexibility index (Phi) is 3.20. The molecule has 3 heterocycles. The predicted octanol–water partition coefficient (Wildman–Crippen LogP) is 2.53. The molecule has 0 aliphatic carbocycles. The first kappa shape index (κ1) is 12.7. The minimum absolute atomic E-state index is 0.449. The van der Waals surface area contributed by atoms with Crippen LogP contribution in [0.2, 0.25) is 0 Å². The fourth-order valence-electron chi connectivity index (χ4n) is 2.24. The molecule has 100 valence electrons. The van der Waals surface area contributed by atoms with Crippen molar-refractivity contribution in [2.75, 3.05) is 0 Å². The van der Waals surface area contributed by atoms with Crippen molar-refractivity contribution in [2.24, 2.45) is 5.73 Å². The van der Waals surface area contributed by atoms with Crippen LogP contribution in [0.25, 0.3) is 17.0 Å². The van der Waals surface area contributed by atoms with Crippen molar-refractivity contribution in [3.63, 3.8) is 0 Å². The molecule has 2 N–H and O–H groups in total. The molecular formula is C15H14N4S. The molecule has 0 unspecified atom stereocenters. The molecule has 4 nitrogen and oxygen atoms in total. The summed E-state index contributed by atoms with van der Waals surface area (Å²) in [6.07, 6.45) is 4.26. The van der Waals surface area contributed by atoms with E-state index in [0.29, 0.717) is 11.4 Å². The highest BCUT2D eigenvalue weighted by Crippen LogP contribution is 2.23. The Labute approximate surface area is 122 Å². The first-order valence-corrected chi connectivity index (χ1v) is 6.73. The lowest BCUT2D eigenvalue weighted by molar-refractivity contribution is 1.07. The number of thiocarbonyl (C=S) groups is 1. The van der Waals surface area contributed by atoms with Gasteiger partial charge in [0.05, 0.1) is 16.4 Å². The lowest BCUT2D eigenvalue weighted by atomic mass is 10.2. The molecule has 0 spiro atoms. The number of hydrogen-bond acceptors (Lipinski definition) is 3. The van der Waals surface area contributed by atoms with Crippen LogP contribution in [0.15, 0.2) is 42.7 Å². The van der Waals surface area contributed by atoms with E-state index in [0.717, 1.165) is 28.3 Å². The second-order valence-corrected chi connectivity index (χ2v) is 5.22. The van der Waals surface area contributed by atoms with Crippen molar-refractivity contribution >= 4 is 22.9 Å². The van der Waals surface area contributed by atoms with E-state index in [1.54, 1.807) is 6.20 Å². The van der Waals surface area contributed by atoms with Crippen molar-refractivity contribution in [1.82, 2.24) is 14.4 Å². The number of aryl methyl sites for hydroxylation is 1. The number of aromatic nitrogens is 3. The molecule has 0 saturated carbocycles. The standard InChI is InChI=1S/C15H14N4S/c1-10-5-7-19-12(9-13(16)20)15(18-14(19)8-10)11-4-2-3-6-17-11/h2-8H,9H2,1H3,(H2,16,20). The number of fused-ring (bicyclic) bond motifs is 1. The summed E-state index contributed by atoms with van der Waals surface area (Å²) in [5.41, 5.74) is 10.4. The summed E-state index contributed by atoms with van der Waals surface area (Å²) >= 11 is 5.06. The molecule has 20 heavy (non-hydrogen) atoms. The number of imidazole rings is 1. The summed E-state index contributed by atoms with van der Waals surface area (Å²) in [5, 5.41) is 0. The van der Waals surface area contributed by atoms with Gasteiger partial charge in [-0.05, 0) is 36.8 Å². The van der Waals surface area contributed by atoms with E-state index in [4.69, 9.17) is 18.0 Å². The highest BCUT2D eigenvalue weighted by molar-refractivity contribution is 7.80. The second-order valence-electron chi connectivity index (χ2n) is 4.70. The maximum absolute atomic E-state index is 5.72. The van der Waals surface area contributed by atoms with Gasteiger partial charge in [-0.2, -0.15) is 0 Å². The number of nitrogens with zero attached hydrogens (tertiary/aromatic N) is 3. The summed E-state index contributed by atoms with van der Waals surface area (Å²) in [6, 6.07) is 9.85. The van der Waals surface area contributed by atoms with Crippen LogP contribution in [0.3, 0.4) is 0 Å². The molecule has 0 aliphatic heterocycles. The van der Waals surface area contributed by atoms with Crippen LogP contribution in [-0.4, -0.2) is 19.4 Å². The van der Waals surface area contributed by atoms with E-state index in [2.05, 4.69) is 9.97 Å². The first-order valence-electron chi connectivity index (χ1n) is 6.32. The third-order valence-corrected chi connectivity index (χ3v) is 3.27. The first-order chi connectivity index (χ1) is 9.65. The minimum atomic E-state index is 0.449. The Morgan fingerprint density at radius 1 is 1.35 bits per heavy atom. The van der Waals surface area contributed by atoms with E-state index < -0.39 is 0 Å². The smallest absolute Gasteiger partial charge is 0.138 e. The third-order valence-electron chi connectivity index (χ3n) is 3.13. The summed E-state index contributed by atoms with van der Waals surface area (Å²) in [5.74, 6) is 0. The maximum Gasteiger partial charge on any atom is 0.138 e. The molecule has 0 radical (unpaired) electrons. The van der Waals surface area contributed by atoms with Gasteiger partial charge in [-0.25, -0.2) is 4.98 Å². The van der Waals surface area contributed by atoms with Gasteiger partial charge in [-0.3, -0.25) is 4.98 Å². The highest BCUT2D eigenvalue weighted by atomic mass is 32.1. The Hall–Kier alpha value is -2.27. The van der Waals surface area contributed by atoms with Crippen LogP contribution >= 0.6 is 12.2 Å². The number of pyridine rings is 2. The quantitative estimate of drug-likeness (QED) is 0.750. The highest BCUT2D eigenvalue weighted by Gasteiger charge is 2.15. The number of nitrogens with two attached hydrogens (primary N) is 1. The Morgan fingerprint density at radius 2 is 2.20 bits per heavy atom. The van der Waals surface area contributed by atoms with Crippen LogP contribution in [0, 0.1) is 6.92 Å². The van der Waals surface area contributed by atoms with Crippen molar-refractivity contribution < 1.29 is 0 Å². The van der Waals surface area contributed by atoms with Crippen molar-refractivity contribution in [1.29, 1.82) is 0 Å². The van der Waals surface area contributed by atoms with Gasteiger partial charge >= 0.3 is 0 Å². The summed E-state index contributed by atoms with van der Waals surface area (Å²) in [4.78, 5) is 9.51. The SMILES string of the molecule is Cc1ccn2c(CC(N)=S)c(-c3ccccn3)nc2c1. The molecule has 5 heteroatoms. The lowest BCUT2D eigenvalue weighted by Gasteiger charge is -2.04. The minimum Gasteiger partial charge on any atom is -0.393 e. The van der Waals surface area contributed by atoms with Gasteiger partial charge in [-0.15, -0.1) is 0 Å². The fraction of sp³-hybridized carbons (Fsp3) is 0.133. The molecule has 0 amide bonds. The third kappa shape index (κ3) is 2.28. The van der Waals surface area contributed by atoms with Gasteiger partial charge in [0.25, 0.3) is 0 Å². The van der Waals surface area contributed by atoms with Gasteiger partial charge in [0.1, 0.15) is 11.3 Å². The zero-order valence-corrected chi connectivity index (χ0v) is 11.9. The van der Waals surface area contributed by atoms with E-state index >= 15 is 0 Å². The molecule has 0 aliphatic rings. The van der Waals surface area contributed by atoms with Gasteiger partial charge < -0.3 is 10.1 Å². The molecule has 3 aromatic heterocycles. The monoisotopic (exact) mass is 282 g/mol. The van der Waals surface area contributed by atoms with Gasteiger partial charge in [0, 0.05) is 18.8 Å². The predicted molar refractivity (Wildman–Crippen MR) is 83.6 cm³/mol. The summed E-state index contributed by atoms with van der Waals surface area (Å²) < 4.78 is 2.02. The zero-order valence-electron chi connectivity index (χ0n) is 11.1. The molecule has 3 aromatic rings. The molecule has 3 rings (SSSR count). The van der Waals surface area contributed by atoms with Gasteiger partial charge in [-0.1, -0.05) is 18.3 Å². The molecule has 0 saturated heterocycles. The van der Waals surface area contributed by atoms with Crippen LogP contribution in [0.4, 0.5) is 0 Å². The zero-order chi connectivity index (χ0) is 14.1. The second kappa shape index (κ2) is 5.02. The topological polar surface area (TPSA) is 56.2 Å². The van der Waals surface area contributed by atoms with Crippen LogP contribution in [-0.2, 0) is 6.42 Å². The summed E-state index contributed by atoms with van der Waals surface area (Å²) in [6.45, 7) is 2.04. The summed E-state index contributed by atoms with van der Waals surface area (Å²) in [7, 11) is 0. The Morgan fingerprint density at radius 3 is 2.90 bits per heavy atom. The molecule has 0 aromatic carbocycles. The van der Waals surface area contributed by atoms with Crippen LogP contribution in [0.5, 0.6) is 0 Å². The van der Waals surface area contributed by atoms with Crippen molar-refractivity contribution in [3.8, 4) is 11.4 Å². The van der Waals surface area contributed by atoms with E-state index in [-0.39, 0.29) is 0 Å². The average molecular weight is 282 g/mol. The van der Waals surface area contributed by atoms with Gasteiger partial charge in [0.2, 0.25) is 0 Å². The molecular weight excluding hydrogens is 268 g/mol. The lowest BCUT2D eigenvalue weighted by Crippen LogP contribution is -2.13. The fourth-order valence-corrected chi connectivity index (χ4v) is 2.38. The van der Waals surface area contributed by atoms with E-state index in [1.165, 1.54) is 0 Å². The maximum atomic E-state index is 5.72. The number of rotatable bonds is 3. The molecule has 0 bridgehead atoms.